The van der Waals surface area contributed by atoms with Crippen molar-refractivity contribution in [2.45, 2.75) is 25.4 Å². The highest BCUT2D eigenvalue weighted by atomic mass is 16.5. The SMILES string of the molecule is c1coc2ccc(C3CCCCO3)c-2c1. The van der Waals surface area contributed by atoms with Crippen LogP contribution in [0.5, 0.6) is 0 Å². The van der Waals surface area contributed by atoms with E-state index in [1.807, 2.05) is 12.1 Å². The summed E-state index contributed by atoms with van der Waals surface area (Å²) in [7, 11) is 0. The van der Waals surface area contributed by atoms with Gasteiger partial charge in [-0.15, -0.1) is 0 Å². The van der Waals surface area contributed by atoms with E-state index in [2.05, 4.69) is 12.1 Å². The van der Waals surface area contributed by atoms with Gasteiger partial charge in [-0.1, -0.05) is 6.07 Å². The minimum Gasteiger partial charge on any atom is -0.464 e. The molecule has 0 aromatic heterocycles. The highest BCUT2D eigenvalue weighted by molar-refractivity contribution is 5.65. The van der Waals surface area contributed by atoms with Crippen LogP contribution in [0.3, 0.4) is 0 Å². The fourth-order valence-corrected chi connectivity index (χ4v) is 2.28. The lowest BCUT2D eigenvalue weighted by atomic mass is 10.0. The predicted molar refractivity (Wildman–Crippen MR) is 57.9 cm³/mol. The Kier molecular flexibility index (Phi) is 2.22. The molecule has 1 atom stereocenters. The average molecular weight is 202 g/mol. The number of rotatable bonds is 1. The van der Waals surface area contributed by atoms with E-state index in [4.69, 9.17) is 9.15 Å². The quantitative estimate of drug-likeness (QED) is 0.704. The minimum atomic E-state index is 0.272. The lowest BCUT2D eigenvalue weighted by Gasteiger charge is -2.23. The van der Waals surface area contributed by atoms with Crippen molar-refractivity contribution in [3.8, 4) is 11.3 Å². The van der Waals surface area contributed by atoms with E-state index in [1.54, 1.807) is 6.26 Å². The number of hydrogen-bond acceptors (Lipinski definition) is 2. The van der Waals surface area contributed by atoms with Gasteiger partial charge in [0.05, 0.1) is 12.4 Å². The van der Waals surface area contributed by atoms with Crippen molar-refractivity contribution in [3.63, 3.8) is 0 Å². The first-order valence-corrected chi connectivity index (χ1v) is 5.53. The Morgan fingerprint density at radius 1 is 1.13 bits per heavy atom. The summed E-state index contributed by atoms with van der Waals surface area (Å²) in [5, 5.41) is 0. The second-order valence-electron chi connectivity index (χ2n) is 4.03. The summed E-state index contributed by atoms with van der Waals surface area (Å²) >= 11 is 0. The molecule has 3 aliphatic rings. The lowest BCUT2D eigenvalue weighted by molar-refractivity contribution is 0.0154. The third-order valence-corrected chi connectivity index (χ3v) is 3.05. The van der Waals surface area contributed by atoms with Crippen molar-refractivity contribution < 1.29 is 9.15 Å². The summed E-state index contributed by atoms with van der Waals surface area (Å²) in [6.45, 7) is 0.890. The van der Waals surface area contributed by atoms with Gasteiger partial charge in [-0.05, 0) is 43.0 Å². The molecule has 3 rings (SSSR count). The van der Waals surface area contributed by atoms with Crippen LogP contribution in [0.4, 0.5) is 0 Å². The first kappa shape index (κ1) is 8.98. The first-order chi connectivity index (χ1) is 7.45. The van der Waals surface area contributed by atoms with Gasteiger partial charge in [0.25, 0.3) is 0 Å². The van der Waals surface area contributed by atoms with Crippen LogP contribution in [-0.2, 0) is 4.74 Å². The van der Waals surface area contributed by atoms with Gasteiger partial charge in [0.15, 0.2) is 0 Å². The zero-order valence-corrected chi connectivity index (χ0v) is 8.61. The van der Waals surface area contributed by atoms with Crippen LogP contribution in [0.25, 0.3) is 11.3 Å². The Balaban J connectivity index is 1.97. The van der Waals surface area contributed by atoms with Crippen molar-refractivity contribution in [1.82, 2.24) is 0 Å². The largest absolute Gasteiger partial charge is 0.464 e. The Morgan fingerprint density at radius 3 is 3.00 bits per heavy atom. The molecule has 0 bridgehead atoms. The van der Waals surface area contributed by atoms with Gasteiger partial charge < -0.3 is 9.15 Å². The smallest absolute Gasteiger partial charge is 0.134 e. The summed E-state index contributed by atoms with van der Waals surface area (Å²) in [4.78, 5) is 0. The van der Waals surface area contributed by atoms with Crippen LogP contribution in [0.15, 0.2) is 34.9 Å². The molecule has 2 heterocycles. The van der Waals surface area contributed by atoms with Gasteiger partial charge in [0.2, 0.25) is 0 Å². The van der Waals surface area contributed by atoms with E-state index in [0.29, 0.717) is 0 Å². The summed E-state index contributed by atoms with van der Waals surface area (Å²) in [5.74, 6) is 0.960. The monoisotopic (exact) mass is 202 g/mol. The van der Waals surface area contributed by atoms with E-state index < -0.39 is 0 Å². The Labute approximate surface area is 89.2 Å². The van der Waals surface area contributed by atoms with Crippen LogP contribution in [0, 0.1) is 0 Å². The second kappa shape index (κ2) is 3.70. The molecule has 1 saturated heterocycles. The highest BCUT2D eigenvalue weighted by Gasteiger charge is 2.21. The molecule has 0 spiro atoms. The van der Waals surface area contributed by atoms with Crippen LogP contribution >= 0.6 is 0 Å². The van der Waals surface area contributed by atoms with E-state index in [0.717, 1.165) is 18.8 Å². The maximum Gasteiger partial charge on any atom is 0.134 e. The molecule has 15 heavy (non-hydrogen) atoms. The third kappa shape index (κ3) is 1.55. The van der Waals surface area contributed by atoms with E-state index in [9.17, 15) is 0 Å². The molecular formula is C13H14O2. The summed E-state index contributed by atoms with van der Waals surface area (Å²) in [6, 6.07) is 8.20. The topological polar surface area (TPSA) is 22.4 Å². The van der Waals surface area contributed by atoms with Crippen molar-refractivity contribution >= 4 is 0 Å². The van der Waals surface area contributed by atoms with Crippen LogP contribution in [-0.4, -0.2) is 6.61 Å². The zero-order chi connectivity index (χ0) is 10.1. The molecule has 2 heteroatoms. The van der Waals surface area contributed by atoms with Crippen molar-refractivity contribution in [3.05, 3.63) is 36.1 Å². The Hall–Kier alpha value is -1.28. The van der Waals surface area contributed by atoms with Gasteiger partial charge in [-0.25, -0.2) is 0 Å². The highest BCUT2D eigenvalue weighted by Crippen LogP contribution is 2.37. The van der Waals surface area contributed by atoms with Gasteiger partial charge in [0.1, 0.15) is 5.76 Å². The normalized spacial score (nSPS) is 22.0. The molecule has 0 radical (unpaired) electrons. The molecular weight excluding hydrogens is 188 g/mol. The fourth-order valence-electron chi connectivity index (χ4n) is 2.28. The Morgan fingerprint density at radius 2 is 2.13 bits per heavy atom. The van der Waals surface area contributed by atoms with Crippen LogP contribution in [0.2, 0.25) is 0 Å². The maximum absolute atomic E-state index is 5.79. The van der Waals surface area contributed by atoms with E-state index in [1.165, 1.54) is 24.0 Å². The number of fused-ring (bicyclic) bond motifs is 1. The first-order valence-electron chi connectivity index (χ1n) is 5.53. The molecule has 2 nitrogen and oxygen atoms in total. The fraction of sp³-hybridized carbons (Fsp3) is 0.385. The van der Waals surface area contributed by atoms with Gasteiger partial charge in [0, 0.05) is 12.2 Å². The molecule has 0 saturated carbocycles. The zero-order valence-electron chi connectivity index (χ0n) is 8.61. The summed E-state index contributed by atoms with van der Waals surface area (Å²) in [5.41, 5.74) is 2.48. The number of hydrogen-bond donors (Lipinski definition) is 0. The molecule has 0 aromatic rings. The summed E-state index contributed by atoms with van der Waals surface area (Å²) in [6.07, 6.45) is 5.58. The molecule has 0 aromatic carbocycles. The van der Waals surface area contributed by atoms with Crippen LogP contribution in [0.1, 0.15) is 30.9 Å². The molecule has 78 valence electrons. The van der Waals surface area contributed by atoms with Gasteiger partial charge in [-0.2, -0.15) is 0 Å². The van der Waals surface area contributed by atoms with Gasteiger partial charge >= 0.3 is 0 Å². The van der Waals surface area contributed by atoms with Gasteiger partial charge in [-0.3, -0.25) is 0 Å². The van der Waals surface area contributed by atoms with Crippen LogP contribution < -0.4 is 0 Å². The predicted octanol–water partition coefficient (Wildman–Crippen LogP) is 3.63. The molecule has 2 aliphatic heterocycles. The maximum atomic E-state index is 5.79. The summed E-state index contributed by atoms with van der Waals surface area (Å²) < 4.78 is 11.2. The molecule has 1 aliphatic carbocycles. The van der Waals surface area contributed by atoms with Crippen molar-refractivity contribution in [2.75, 3.05) is 6.61 Å². The van der Waals surface area contributed by atoms with Crippen molar-refractivity contribution in [1.29, 1.82) is 0 Å². The average Bonchev–Trinajstić information content (AvgIpc) is 2.74. The molecule has 0 amide bonds. The van der Waals surface area contributed by atoms with E-state index in [-0.39, 0.29) is 6.10 Å². The van der Waals surface area contributed by atoms with E-state index >= 15 is 0 Å². The number of ether oxygens (including phenoxy) is 1. The molecule has 1 fully saturated rings. The second-order valence-corrected chi connectivity index (χ2v) is 4.03. The van der Waals surface area contributed by atoms with Crippen molar-refractivity contribution in [2.24, 2.45) is 0 Å². The standard InChI is InChI=1S/C13H14O2/c1-2-8-14-12(5-1)11-6-7-13-10(11)4-3-9-15-13/h3-4,6-7,9,12H,1-2,5,8H2. The Bertz CT molecular complexity index is 413. The third-order valence-electron chi connectivity index (χ3n) is 3.05. The lowest BCUT2D eigenvalue weighted by Crippen LogP contribution is -2.11. The molecule has 0 N–H and O–H groups in total. The molecule has 1 unspecified atom stereocenters. The minimum absolute atomic E-state index is 0.272.